The Morgan fingerprint density at radius 3 is 2.07 bits per heavy atom. The van der Waals surface area contributed by atoms with Crippen LogP contribution in [0.4, 0.5) is 5.82 Å². The van der Waals surface area contributed by atoms with E-state index in [0.717, 1.165) is 11.1 Å². The molecule has 0 unspecified atom stereocenters. The summed E-state index contributed by atoms with van der Waals surface area (Å²) in [6.07, 6.45) is 0. The van der Waals surface area contributed by atoms with Gasteiger partial charge in [-0.15, -0.1) is 11.8 Å². The smallest absolute Gasteiger partial charge is 0.235 e. The van der Waals surface area contributed by atoms with E-state index >= 15 is 0 Å². The molecule has 7 heteroatoms. The summed E-state index contributed by atoms with van der Waals surface area (Å²) in [4.78, 5) is 26.7. The highest BCUT2D eigenvalue weighted by molar-refractivity contribution is 8.00. The van der Waals surface area contributed by atoms with Crippen LogP contribution in [0.25, 0.3) is 0 Å². The summed E-state index contributed by atoms with van der Waals surface area (Å²) < 4.78 is 4.92. The van der Waals surface area contributed by atoms with Crippen LogP contribution in [0.2, 0.25) is 0 Å². The molecule has 0 saturated heterocycles. The summed E-state index contributed by atoms with van der Waals surface area (Å²) in [5.74, 6) is 1.18. The van der Waals surface area contributed by atoms with Gasteiger partial charge in [0, 0.05) is 19.2 Å². The second-order valence-electron chi connectivity index (χ2n) is 6.58. The molecule has 0 aliphatic rings. The van der Waals surface area contributed by atoms with Gasteiger partial charge in [-0.25, -0.2) is 0 Å². The van der Waals surface area contributed by atoms with Crippen molar-refractivity contribution in [1.29, 1.82) is 0 Å². The maximum absolute atomic E-state index is 12.8. The van der Waals surface area contributed by atoms with E-state index in [2.05, 4.69) is 10.5 Å². The van der Waals surface area contributed by atoms with Crippen LogP contribution in [0, 0.1) is 6.92 Å². The number of benzene rings is 2. The van der Waals surface area contributed by atoms with Gasteiger partial charge in [-0.3, -0.25) is 9.59 Å². The summed E-state index contributed by atoms with van der Waals surface area (Å²) in [5, 5.41) is 6.39. The first-order chi connectivity index (χ1) is 14.1. The normalized spacial score (nSPS) is 10.5. The quantitative estimate of drug-likeness (QED) is 0.580. The van der Waals surface area contributed by atoms with Crippen molar-refractivity contribution in [2.24, 2.45) is 0 Å². The number of carbonyl (C=O) groups excluding carboxylic acids is 2. The Morgan fingerprint density at radius 2 is 1.55 bits per heavy atom. The lowest BCUT2D eigenvalue weighted by atomic mass is 10.1. The summed E-state index contributed by atoms with van der Waals surface area (Å²) in [7, 11) is 0. The van der Waals surface area contributed by atoms with Crippen LogP contribution in [0.15, 0.2) is 71.3 Å². The molecule has 1 aromatic heterocycles. The molecule has 2 aromatic carbocycles. The van der Waals surface area contributed by atoms with Gasteiger partial charge >= 0.3 is 0 Å². The number of nitrogens with zero attached hydrogens (tertiary/aromatic N) is 2. The Bertz CT molecular complexity index is 887. The summed E-state index contributed by atoms with van der Waals surface area (Å²) in [6.45, 7) is 2.81. The molecule has 0 spiro atoms. The lowest BCUT2D eigenvalue weighted by Gasteiger charge is -2.23. The Morgan fingerprint density at radius 1 is 0.966 bits per heavy atom. The third kappa shape index (κ3) is 6.80. The number of rotatable bonds is 9. The van der Waals surface area contributed by atoms with Gasteiger partial charge in [0.2, 0.25) is 11.8 Å². The first-order valence-corrected chi connectivity index (χ1v) is 10.4. The molecule has 0 aliphatic carbocycles. The van der Waals surface area contributed by atoms with Crippen molar-refractivity contribution in [2.45, 2.75) is 20.0 Å². The lowest BCUT2D eigenvalue weighted by molar-refractivity contribution is -0.129. The number of amides is 2. The second kappa shape index (κ2) is 10.5. The third-order valence-electron chi connectivity index (χ3n) is 4.14. The van der Waals surface area contributed by atoms with Crippen LogP contribution in [0.1, 0.15) is 16.9 Å². The molecule has 1 N–H and O–H groups in total. The molecule has 0 aliphatic heterocycles. The van der Waals surface area contributed by atoms with Gasteiger partial charge in [0.15, 0.2) is 5.82 Å². The van der Waals surface area contributed by atoms with Gasteiger partial charge in [-0.05, 0) is 18.1 Å². The predicted octanol–water partition coefficient (Wildman–Crippen LogP) is 3.88. The molecule has 0 atom stereocenters. The number of anilines is 1. The van der Waals surface area contributed by atoms with E-state index in [1.54, 1.807) is 13.0 Å². The fourth-order valence-corrected chi connectivity index (χ4v) is 3.48. The van der Waals surface area contributed by atoms with Crippen molar-refractivity contribution >= 4 is 29.4 Å². The summed E-state index contributed by atoms with van der Waals surface area (Å²) in [6, 6.07) is 21.4. The van der Waals surface area contributed by atoms with Crippen LogP contribution in [-0.2, 0) is 22.7 Å². The molecule has 3 aromatic rings. The van der Waals surface area contributed by atoms with E-state index in [1.165, 1.54) is 11.8 Å². The van der Waals surface area contributed by atoms with Crippen molar-refractivity contribution in [2.75, 3.05) is 16.8 Å². The minimum atomic E-state index is -0.214. The molecule has 1 heterocycles. The number of aryl methyl sites for hydroxylation is 1. The molecule has 0 fully saturated rings. The minimum absolute atomic E-state index is 0.00668. The molecule has 29 heavy (non-hydrogen) atoms. The second-order valence-corrected chi connectivity index (χ2v) is 7.57. The van der Waals surface area contributed by atoms with Gasteiger partial charge < -0.3 is 14.7 Å². The van der Waals surface area contributed by atoms with E-state index in [9.17, 15) is 9.59 Å². The van der Waals surface area contributed by atoms with Crippen LogP contribution in [0.3, 0.4) is 0 Å². The molecular weight excluding hydrogens is 386 g/mol. The van der Waals surface area contributed by atoms with E-state index in [-0.39, 0.29) is 23.3 Å². The topological polar surface area (TPSA) is 75.4 Å². The van der Waals surface area contributed by atoms with Gasteiger partial charge in [0.25, 0.3) is 0 Å². The molecule has 0 bridgehead atoms. The van der Waals surface area contributed by atoms with Crippen molar-refractivity contribution in [3.05, 3.63) is 83.6 Å². The highest BCUT2D eigenvalue weighted by Gasteiger charge is 2.16. The SMILES string of the molecule is Cc1cc(NC(=O)CSCC(=O)N(Cc2ccccc2)Cc2ccccc2)no1. The van der Waals surface area contributed by atoms with Gasteiger partial charge in [-0.2, -0.15) is 0 Å². The monoisotopic (exact) mass is 409 g/mol. The Hall–Kier alpha value is -3.06. The minimum Gasteiger partial charge on any atom is -0.360 e. The number of hydrogen-bond acceptors (Lipinski definition) is 5. The fourth-order valence-electron chi connectivity index (χ4n) is 2.77. The zero-order valence-electron chi connectivity index (χ0n) is 16.2. The van der Waals surface area contributed by atoms with E-state index < -0.39 is 0 Å². The maximum atomic E-state index is 12.8. The number of carbonyl (C=O) groups is 2. The van der Waals surface area contributed by atoms with Gasteiger partial charge in [0.05, 0.1) is 11.5 Å². The van der Waals surface area contributed by atoms with Crippen LogP contribution < -0.4 is 5.32 Å². The number of thioether (sulfide) groups is 1. The Labute approximate surface area is 174 Å². The first kappa shape index (κ1) is 20.7. The van der Waals surface area contributed by atoms with E-state index in [1.807, 2.05) is 65.6 Å². The van der Waals surface area contributed by atoms with Gasteiger partial charge in [0.1, 0.15) is 5.76 Å². The van der Waals surface area contributed by atoms with Crippen molar-refractivity contribution < 1.29 is 14.1 Å². The van der Waals surface area contributed by atoms with Crippen molar-refractivity contribution in [1.82, 2.24) is 10.1 Å². The molecule has 0 radical (unpaired) electrons. The first-order valence-electron chi connectivity index (χ1n) is 9.26. The maximum Gasteiger partial charge on any atom is 0.235 e. The van der Waals surface area contributed by atoms with E-state index in [0.29, 0.717) is 24.7 Å². The highest BCUT2D eigenvalue weighted by atomic mass is 32.2. The Kier molecular flexibility index (Phi) is 7.47. The number of nitrogens with one attached hydrogen (secondary N) is 1. The predicted molar refractivity (Wildman–Crippen MR) is 114 cm³/mol. The number of aromatic nitrogens is 1. The lowest BCUT2D eigenvalue weighted by Crippen LogP contribution is -2.32. The van der Waals surface area contributed by atoms with E-state index in [4.69, 9.17) is 4.52 Å². The largest absolute Gasteiger partial charge is 0.360 e. The average molecular weight is 410 g/mol. The molecule has 0 saturated carbocycles. The molecular formula is C22H23N3O3S. The van der Waals surface area contributed by atoms with Gasteiger partial charge in [-0.1, -0.05) is 65.8 Å². The molecule has 2 amide bonds. The standard InChI is InChI=1S/C22H23N3O3S/c1-17-12-20(24-28-17)23-21(26)15-29-16-22(27)25(13-18-8-4-2-5-9-18)14-19-10-6-3-7-11-19/h2-12H,13-16H2,1H3,(H,23,24,26). The third-order valence-corrected chi connectivity index (χ3v) is 5.06. The van der Waals surface area contributed by atoms with Crippen LogP contribution in [0.5, 0.6) is 0 Å². The van der Waals surface area contributed by atoms with Crippen molar-refractivity contribution in [3.63, 3.8) is 0 Å². The zero-order valence-corrected chi connectivity index (χ0v) is 17.0. The van der Waals surface area contributed by atoms with Crippen LogP contribution in [-0.4, -0.2) is 33.4 Å². The number of hydrogen-bond donors (Lipinski definition) is 1. The molecule has 150 valence electrons. The zero-order chi connectivity index (χ0) is 20.5. The summed E-state index contributed by atoms with van der Waals surface area (Å²) in [5.41, 5.74) is 2.14. The molecule has 3 rings (SSSR count). The summed E-state index contributed by atoms with van der Waals surface area (Å²) >= 11 is 1.28. The van der Waals surface area contributed by atoms with Crippen molar-refractivity contribution in [3.8, 4) is 0 Å². The van der Waals surface area contributed by atoms with Crippen LogP contribution >= 0.6 is 11.8 Å². The highest BCUT2D eigenvalue weighted by Crippen LogP contribution is 2.13. The average Bonchev–Trinajstić information content (AvgIpc) is 3.13. The fraction of sp³-hybridized carbons (Fsp3) is 0.227. The molecule has 6 nitrogen and oxygen atoms in total. The Balaban J connectivity index is 1.54.